The Morgan fingerprint density at radius 1 is 1.14 bits per heavy atom. The lowest BCUT2D eigenvalue weighted by Crippen LogP contribution is -2.13. The number of hydrogen-bond donors (Lipinski definition) is 1. The first-order valence-electron chi connectivity index (χ1n) is 8.92. The molecule has 0 unspecified atom stereocenters. The van der Waals surface area contributed by atoms with Crippen LogP contribution in [0.4, 0.5) is 11.5 Å². The molecule has 0 bridgehead atoms. The van der Waals surface area contributed by atoms with Gasteiger partial charge in [0.2, 0.25) is 11.6 Å². The number of rotatable bonds is 8. The molecule has 1 N–H and O–H groups in total. The number of benzene rings is 1. The molecule has 0 atom stereocenters. The quantitative estimate of drug-likeness (QED) is 0.455. The summed E-state index contributed by atoms with van der Waals surface area (Å²) in [6, 6.07) is 7.44. The Kier molecular flexibility index (Phi) is 5.91. The molecule has 0 fully saturated rings. The molecule has 1 aromatic carbocycles. The van der Waals surface area contributed by atoms with Crippen molar-refractivity contribution < 1.29 is 14.4 Å². The van der Waals surface area contributed by atoms with Crippen LogP contribution in [0.3, 0.4) is 0 Å². The van der Waals surface area contributed by atoms with Crippen LogP contribution in [-0.4, -0.2) is 45.4 Å². The first-order chi connectivity index (χ1) is 13.9. The Bertz CT molecular complexity index is 1030. The van der Waals surface area contributed by atoms with E-state index in [-0.39, 0.29) is 17.3 Å². The summed E-state index contributed by atoms with van der Waals surface area (Å²) in [5.41, 5.74) is 2.27. The van der Waals surface area contributed by atoms with Crippen LogP contribution in [0.15, 0.2) is 30.6 Å². The number of aromatic nitrogens is 4. The zero-order valence-electron chi connectivity index (χ0n) is 16.7. The minimum atomic E-state index is -0.496. The zero-order chi connectivity index (χ0) is 21.0. The lowest BCUT2D eigenvalue weighted by Gasteiger charge is -2.11. The largest absolute Gasteiger partial charge is 0.493 e. The molecular formula is C19H22N6O4. The van der Waals surface area contributed by atoms with Gasteiger partial charge in [0.25, 0.3) is 0 Å². The summed E-state index contributed by atoms with van der Waals surface area (Å²) in [4.78, 5) is 19.4. The van der Waals surface area contributed by atoms with E-state index in [9.17, 15) is 10.1 Å². The van der Waals surface area contributed by atoms with Crippen molar-refractivity contribution in [1.29, 1.82) is 0 Å². The topological polar surface area (TPSA) is 117 Å². The maximum absolute atomic E-state index is 11.7. The van der Waals surface area contributed by atoms with Crippen molar-refractivity contribution in [2.24, 2.45) is 0 Å². The van der Waals surface area contributed by atoms with Crippen molar-refractivity contribution >= 4 is 11.5 Å². The van der Waals surface area contributed by atoms with Crippen molar-refractivity contribution in [3.63, 3.8) is 0 Å². The van der Waals surface area contributed by atoms with E-state index >= 15 is 0 Å². The fourth-order valence-electron chi connectivity index (χ4n) is 3.03. The van der Waals surface area contributed by atoms with Crippen molar-refractivity contribution in [3.8, 4) is 17.3 Å². The smallest absolute Gasteiger partial charge is 0.355 e. The molecule has 3 aromatic rings. The van der Waals surface area contributed by atoms with Crippen molar-refractivity contribution in [2.45, 2.75) is 20.3 Å². The number of methoxy groups -OCH3 is 2. The molecular weight excluding hydrogens is 376 g/mol. The molecule has 0 saturated heterocycles. The van der Waals surface area contributed by atoms with E-state index in [2.05, 4.69) is 20.4 Å². The van der Waals surface area contributed by atoms with Crippen LogP contribution < -0.4 is 14.8 Å². The number of nitrogens with one attached hydrogen (secondary N) is 1. The molecule has 0 spiro atoms. The van der Waals surface area contributed by atoms with Gasteiger partial charge in [0.1, 0.15) is 6.33 Å². The first kappa shape index (κ1) is 20.1. The van der Waals surface area contributed by atoms with E-state index in [1.165, 1.54) is 11.0 Å². The second-order valence-electron chi connectivity index (χ2n) is 6.36. The normalized spacial score (nSPS) is 10.6. The maximum Gasteiger partial charge on any atom is 0.355 e. The fraction of sp³-hybridized carbons (Fsp3) is 0.316. The molecule has 10 heteroatoms. The van der Waals surface area contributed by atoms with E-state index in [0.717, 1.165) is 17.0 Å². The average molecular weight is 398 g/mol. The summed E-state index contributed by atoms with van der Waals surface area (Å²) in [5.74, 6) is 1.55. The lowest BCUT2D eigenvalue weighted by atomic mass is 10.1. The second kappa shape index (κ2) is 8.55. The Balaban J connectivity index is 1.82. The molecule has 0 aliphatic heterocycles. The summed E-state index contributed by atoms with van der Waals surface area (Å²) < 4.78 is 12.0. The molecule has 0 saturated carbocycles. The van der Waals surface area contributed by atoms with E-state index in [1.54, 1.807) is 14.2 Å². The van der Waals surface area contributed by atoms with Gasteiger partial charge in [-0.1, -0.05) is 6.07 Å². The summed E-state index contributed by atoms with van der Waals surface area (Å²) in [7, 11) is 3.15. The van der Waals surface area contributed by atoms with Gasteiger partial charge in [-0.25, -0.2) is 14.6 Å². The third kappa shape index (κ3) is 4.26. The Morgan fingerprint density at radius 3 is 2.52 bits per heavy atom. The number of ether oxygens (including phenoxy) is 2. The van der Waals surface area contributed by atoms with Crippen molar-refractivity contribution in [2.75, 3.05) is 26.1 Å². The Hall–Kier alpha value is -3.69. The van der Waals surface area contributed by atoms with Crippen LogP contribution in [0.25, 0.3) is 5.82 Å². The standard InChI is InChI=1S/C19H22N6O4/c1-12-9-13(2)24(23-12)19-17(25(26)27)18(21-11-22-19)20-8-7-14-5-6-15(28-3)16(10-14)29-4/h5-6,9-11H,7-8H2,1-4H3,(H,20,21,22). The number of nitro groups is 1. The molecule has 0 amide bonds. The van der Waals surface area contributed by atoms with Gasteiger partial charge in [0, 0.05) is 12.2 Å². The Labute approximate surface area is 167 Å². The van der Waals surface area contributed by atoms with Crippen LogP contribution in [0.5, 0.6) is 11.5 Å². The predicted molar refractivity (Wildman–Crippen MR) is 107 cm³/mol. The number of anilines is 1. The molecule has 29 heavy (non-hydrogen) atoms. The van der Waals surface area contributed by atoms with Gasteiger partial charge >= 0.3 is 5.69 Å². The third-order valence-electron chi connectivity index (χ3n) is 4.35. The second-order valence-corrected chi connectivity index (χ2v) is 6.36. The minimum Gasteiger partial charge on any atom is -0.493 e. The SMILES string of the molecule is COc1ccc(CCNc2ncnc(-n3nc(C)cc3C)c2[N+](=O)[O-])cc1OC. The highest BCUT2D eigenvalue weighted by Crippen LogP contribution is 2.29. The summed E-state index contributed by atoms with van der Waals surface area (Å²) in [5, 5.41) is 19.1. The lowest BCUT2D eigenvalue weighted by molar-refractivity contribution is -0.384. The molecule has 0 radical (unpaired) electrons. The van der Waals surface area contributed by atoms with Crippen molar-refractivity contribution in [3.05, 3.63) is 57.7 Å². The predicted octanol–water partition coefficient (Wildman–Crippen LogP) is 2.86. The monoisotopic (exact) mass is 398 g/mol. The van der Waals surface area contributed by atoms with Gasteiger partial charge in [-0.05, 0) is 44.0 Å². The number of aryl methyl sites for hydroxylation is 2. The van der Waals surface area contributed by atoms with E-state index in [4.69, 9.17) is 9.47 Å². The average Bonchev–Trinajstić information content (AvgIpc) is 3.05. The van der Waals surface area contributed by atoms with Crippen LogP contribution in [0.1, 0.15) is 17.0 Å². The van der Waals surface area contributed by atoms with Gasteiger partial charge in [-0.3, -0.25) is 10.1 Å². The summed E-state index contributed by atoms with van der Waals surface area (Å²) in [6.45, 7) is 4.07. The van der Waals surface area contributed by atoms with Crippen molar-refractivity contribution in [1.82, 2.24) is 19.7 Å². The highest BCUT2D eigenvalue weighted by atomic mass is 16.6. The number of hydrogen-bond acceptors (Lipinski definition) is 8. The number of nitrogens with zero attached hydrogens (tertiary/aromatic N) is 5. The van der Waals surface area contributed by atoms with Crippen LogP contribution in [0, 0.1) is 24.0 Å². The Morgan fingerprint density at radius 2 is 1.90 bits per heavy atom. The summed E-state index contributed by atoms with van der Waals surface area (Å²) >= 11 is 0. The maximum atomic E-state index is 11.7. The van der Waals surface area contributed by atoms with E-state index in [0.29, 0.717) is 24.5 Å². The molecule has 0 aliphatic carbocycles. The first-order valence-corrected chi connectivity index (χ1v) is 8.92. The van der Waals surface area contributed by atoms with Crippen LogP contribution in [-0.2, 0) is 6.42 Å². The van der Waals surface area contributed by atoms with E-state index < -0.39 is 4.92 Å². The molecule has 152 valence electrons. The molecule has 3 rings (SSSR count). The van der Waals surface area contributed by atoms with Gasteiger partial charge in [-0.2, -0.15) is 5.10 Å². The minimum absolute atomic E-state index is 0.129. The fourth-order valence-corrected chi connectivity index (χ4v) is 3.03. The van der Waals surface area contributed by atoms with Gasteiger partial charge in [0.05, 0.1) is 24.8 Å². The molecule has 0 aliphatic rings. The molecule has 2 heterocycles. The molecule has 2 aromatic heterocycles. The van der Waals surface area contributed by atoms with Gasteiger partial charge < -0.3 is 14.8 Å². The van der Waals surface area contributed by atoms with Crippen LogP contribution in [0.2, 0.25) is 0 Å². The zero-order valence-corrected chi connectivity index (χ0v) is 16.7. The van der Waals surface area contributed by atoms with Crippen LogP contribution >= 0.6 is 0 Å². The highest BCUT2D eigenvalue weighted by molar-refractivity contribution is 5.64. The van der Waals surface area contributed by atoms with Gasteiger partial charge in [-0.15, -0.1) is 0 Å². The molecule has 10 nitrogen and oxygen atoms in total. The highest BCUT2D eigenvalue weighted by Gasteiger charge is 2.25. The van der Waals surface area contributed by atoms with E-state index in [1.807, 2.05) is 38.1 Å². The van der Waals surface area contributed by atoms with Gasteiger partial charge in [0.15, 0.2) is 11.5 Å². The summed E-state index contributed by atoms with van der Waals surface area (Å²) in [6.07, 6.45) is 1.90. The third-order valence-corrected chi connectivity index (χ3v) is 4.35.